The molecule has 2 rings (SSSR count). The van der Waals surface area contributed by atoms with Crippen molar-refractivity contribution >= 4 is 62.7 Å². The number of halogens is 3. The van der Waals surface area contributed by atoms with Crippen LogP contribution in [-0.4, -0.2) is 34.6 Å². The molecule has 0 saturated carbocycles. The fourth-order valence-electron chi connectivity index (χ4n) is 2.74. The molecule has 1 atom stereocenters. The first-order valence-corrected chi connectivity index (χ1v) is 12.2. The number of hydrogen-bond acceptors (Lipinski definition) is 3. The van der Waals surface area contributed by atoms with Crippen molar-refractivity contribution in [3.05, 3.63) is 68.1 Å². The van der Waals surface area contributed by atoms with Gasteiger partial charge in [-0.1, -0.05) is 57.3 Å². The third kappa shape index (κ3) is 7.80. The van der Waals surface area contributed by atoms with Gasteiger partial charge in [0.05, 0.1) is 5.75 Å². The third-order valence-electron chi connectivity index (χ3n) is 4.36. The molecule has 0 bridgehead atoms. The Hall–Kier alpha value is -1.21. The molecule has 8 heteroatoms. The number of amides is 2. The highest BCUT2D eigenvalue weighted by Crippen LogP contribution is 2.25. The molecular weight excluding hydrogens is 507 g/mol. The van der Waals surface area contributed by atoms with Crippen LogP contribution in [0.3, 0.4) is 0 Å². The van der Waals surface area contributed by atoms with E-state index in [9.17, 15) is 9.59 Å². The summed E-state index contributed by atoms with van der Waals surface area (Å²) in [5.41, 5.74) is 1.88. The monoisotopic (exact) mass is 530 g/mol. The lowest BCUT2D eigenvalue weighted by Crippen LogP contribution is -2.49. The highest BCUT2D eigenvalue weighted by molar-refractivity contribution is 9.10. The summed E-state index contributed by atoms with van der Waals surface area (Å²) in [5, 5.41) is 4.05. The standard InChI is InChI=1S/C22H25BrCl2N2O2S/c1-14(2)26-22(29)15(3)27(11-16-4-7-18(23)8-5-16)21(28)13-30-12-17-6-9-19(24)10-20(17)25/h4-10,14-15H,11-13H2,1-3H3,(H,26,29)/t15-/m1/s1. The minimum Gasteiger partial charge on any atom is -0.352 e. The number of thioether (sulfide) groups is 1. The van der Waals surface area contributed by atoms with E-state index >= 15 is 0 Å². The molecule has 0 aromatic heterocycles. The molecule has 1 N–H and O–H groups in total. The summed E-state index contributed by atoms with van der Waals surface area (Å²) in [6.07, 6.45) is 0. The van der Waals surface area contributed by atoms with Gasteiger partial charge in [-0.15, -0.1) is 11.8 Å². The van der Waals surface area contributed by atoms with E-state index in [-0.39, 0.29) is 23.6 Å². The van der Waals surface area contributed by atoms with Gasteiger partial charge in [0.25, 0.3) is 0 Å². The summed E-state index contributed by atoms with van der Waals surface area (Å²) >= 11 is 17.0. The first-order valence-electron chi connectivity index (χ1n) is 9.53. The van der Waals surface area contributed by atoms with Crippen molar-refractivity contribution in [3.8, 4) is 0 Å². The predicted octanol–water partition coefficient (Wildman–Crippen LogP) is 5.93. The Labute approximate surface area is 200 Å². The Morgan fingerprint density at radius 3 is 2.37 bits per heavy atom. The highest BCUT2D eigenvalue weighted by atomic mass is 79.9. The van der Waals surface area contributed by atoms with Crippen LogP contribution < -0.4 is 5.32 Å². The van der Waals surface area contributed by atoms with Crippen LogP contribution in [0.4, 0.5) is 0 Å². The molecule has 0 heterocycles. The van der Waals surface area contributed by atoms with Crippen LogP contribution in [-0.2, 0) is 21.9 Å². The largest absolute Gasteiger partial charge is 0.352 e. The maximum atomic E-state index is 13.0. The van der Waals surface area contributed by atoms with Crippen LogP contribution in [0.5, 0.6) is 0 Å². The number of rotatable bonds is 9. The van der Waals surface area contributed by atoms with Crippen molar-refractivity contribution in [3.63, 3.8) is 0 Å². The van der Waals surface area contributed by atoms with Crippen molar-refractivity contribution in [1.29, 1.82) is 0 Å². The Morgan fingerprint density at radius 2 is 1.77 bits per heavy atom. The van der Waals surface area contributed by atoms with Crippen LogP contribution in [0.15, 0.2) is 46.9 Å². The van der Waals surface area contributed by atoms with Crippen molar-refractivity contribution in [2.75, 3.05) is 5.75 Å². The van der Waals surface area contributed by atoms with Gasteiger partial charge in [0, 0.05) is 32.9 Å². The minimum absolute atomic E-state index is 0.00556. The molecule has 162 valence electrons. The van der Waals surface area contributed by atoms with E-state index in [1.807, 2.05) is 44.2 Å². The van der Waals surface area contributed by atoms with Gasteiger partial charge >= 0.3 is 0 Å². The number of carbonyl (C=O) groups is 2. The van der Waals surface area contributed by atoms with Gasteiger partial charge in [0.15, 0.2) is 0 Å². The van der Waals surface area contributed by atoms with Gasteiger partial charge in [-0.25, -0.2) is 0 Å². The molecule has 0 unspecified atom stereocenters. The molecule has 0 aliphatic carbocycles. The van der Waals surface area contributed by atoms with Gasteiger partial charge in [-0.2, -0.15) is 0 Å². The number of hydrogen-bond donors (Lipinski definition) is 1. The summed E-state index contributed by atoms with van der Waals surface area (Å²) < 4.78 is 0.963. The normalized spacial score (nSPS) is 12.0. The smallest absolute Gasteiger partial charge is 0.242 e. The predicted molar refractivity (Wildman–Crippen MR) is 130 cm³/mol. The van der Waals surface area contributed by atoms with E-state index in [1.165, 1.54) is 11.8 Å². The topological polar surface area (TPSA) is 49.4 Å². The molecule has 0 radical (unpaired) electrons. The lowest BCUT2D eigenvalue weighted by molar-refractivity contribution is -0.138. The summed E-state index contributed by atoms with van der Waals surface area (Å²) in [6.45, 7) is 5.92. The fourth-order valence-corrected chi connectivity index (χ4v) is 4.48. The maximum Gasteiger partial charge on any atom is 0.242 e. The van der Waals surface area contributed by atoms with Crippen molar-refractivity contribution in [2.45, 2.75) is 45.2 Å². The Morgan fingerprint density at radius 1 is 1.10 bits per heavy atom. The lowest BCUT2D eigenvalue weighted by Gasteiger charge is -2.29. The summed E-state index contributed by atoms with van der Waals surface area (Å²) in [7, 11) is 0. The summed E-state index contributed by atoms with van der Waals surface area (Å²) in [6, 6.07) is 12.5. The second-order valence-electron chi connectivity index (χ2n) is 7.22. The van der Waals surface area contributed by atoms with Gasteiger partial charge in [-0.3, -0.25) is 9.59 Å². The SMILES string of the molecule is CC(C)NC(=O)[C@@H](C)N(Cc1ccc(Br)cc1)C(=O)CSCc1ccc(Cl)cc1Cl. The van der Waals surface area contributed by atoms with Gasteiger partial charge in [0.1, 0.15) is 6.04 Å². The number of nitrogens with one attached hydrogen (secondary N) is 1. The molecule has 0 saturated heterocycles. The highest BCUT2D eigenvalue weighted by Gasteiger charge is 2.26. The van der Waals surface area contributed by atoms with E-state index in [4.69, 9.17) is 23.2 Å². The van der Waals surface area contributed by atoms with E-state index in [2.05, 4.69) is 21.2 Å². The first-order chi connectivity index (χ1) is 14.2. The first kappa shape index (κ1) is 25.1. The minimum atomic E-state index is -0.580. The molecular formula is C22H25BrCl2N2O2S. The summed E-state index contributed by atoms with van der Waals surface area (Å²) in [5.74, 6) is 0.565. The Bertz CT molecular complexity index is 878. The summed E-state index contributed by atoms with van der Waals surface area (Å²) in [4.78, 5) is 27.2. The molecule has 2 aromatic rings. The van der Waals surface area contributed by atoms with Crippen LogP contribution in [0, 0.1) is 0 Å². The molecule has 0 spiro atoms. The molecule has 4 nitrogen and oxygen atoms in total. The van der Waals surface area contributed by atoms with Gasteiger partial charge in [-0.05, 0) is 56.2 Å². The van der Waals surface area contributed by atoms with E-state index in [0.717, 1.165) is 15.6 Å². The van der Waals surface area contributed by atoms with Gasteiger partial charge in [0.2, 0.25) is 11.8 Å². The quantitative estimate of drug-likeness (QED) is 0.436. The van der Waals surface area contributed by atoms with Crippen molar-refractivity contribution < 1.29 is 9.59 Å². The average molecular weight is 532 g/mol. The van der Waals surface area contributed by atoms with Crippen LogP contribution in [0.2, 0.25) is 10.0 Å². The lowest BCUT2D eigenvalue weighted by atomic mass is 10.1. The second-order valence-corrected chi connectivity index (χ2v) is 9.96. The van der Waals surface area contributed by atoms with E-state index in [0.29, 0.717) is 22.3 Å². The van der Waals surface area contributed by atoms with Crippen LogP contribution >= 0.6 is 50.9 Å². The van der Waals surface area contributed by atoms with Crippen molar-refractivity contribution in [1.82, 2.24) is 10.2 Å². The molecule has 0 aliphatic rings. The molecule has 0 fully saturated rings. The fraction of sp³-hybridized carbons (Fsp3) is 0.364. The molecule has 2 amide bonds. The second kappa shape index (κ2) is 12.0. The Kier molecular flexibility index (Phi) is 10.0. The zero-order valence-electron chi connectivity index (χ0n) is 17.1. The van der Waals surface area contributed by atoms with Crippen LogP contribution in [0.1, 0.15) is 31.9 Å². The molecule has 30 heavy (non-hydrogen) atoms. The van der Waals surface area contributed by atoms with E-state index < -0.39 is 6.04 Å². The number of benzene rings is 2. The zero-order valence-corrected chi connectivity index (χ0v) is 21.0. The average Bonchev–Trinajstić information content (AvgIpc) is 2.68. The van der Waals surface area contributed by atoms with E-state index in [1.54, 1.807) is 24.0 Å². The number of carbonyl (C=O) groups excluding carboxylic acids is 2. The third-order valence-corrected chi connectivity index (χ3v) is 6.44. The Balaban J connectivity index is 2.08. The van der Waals surface area contributed by atoms with Crippen molar-refractivity contribution in [2.24, 2.45) is 0 Å². The molecule has 2 aromatic carbocycles. The van der Waals surface area contributed by atoms with Crippen LogP contribution in [0.25, 0.3) is 0 Å². The number of nitrogens with zero attached hydrogens (tertiary/aromatic N) is 1. The zero-order chi connectivity index (χ0) is 22.3. The molecule has 0 aliphatic heterocycles. The maximum absolute atomic E-state index is 13.0. The van der Waals surface area contributed by atoms with Gasteiger partial charge < -0.3 is 10.2 Å².